The molecule has 0 saturated heterocycles. The summed E-state index contributed by atoms with van der Waals surface area (Å²) in [5.41, 5.74) is 0. The molecular weight excluding hydrogens is 340 g/mol. The van der Waals surface area contributed by atoms with Crippen LogP contribution in [0.2, 0.25) is 0 Å². The van der Waals surface area contributed by atoms with E-state index in [1.54, 1.807) is 24.3 Å². The quantitative estimate of drug-likeness (QED) is 0.747. The van der Waals surface area contributed by atoms with Gasteiger partial charge < -0.3 is 10.1 Å². The lowest BCUT2D eigenvalue weighted by atomic mass is 10.2. The van der Waals surface area contributed by atoms with Gasteiger partial charge in [0.25, 0.3) is 10.0 Å². The molecule has 0 fully saturated rings. The lowest BCUT2D eigenvalue weighted by Crippen LogP contribution is -2.17. The first kappa shape index (κ1) is 19.0. The lowest BCUT2D eigenvalue weighted by Gasteiger charge is -2.12. The minimum atomic E-state index is -3.73. The molecule has 8 heteroatoms. The van der Waals surface area contributed by atoms with Gasteiger partial charge in [-0.15, -0.1) is 10.2 Å². The van der Waals surface area contributed by atoms with Crippen LogP contribution < -0.4 is 14.8 Å². The summed E-state index contributed by atoms with van der Waals surface area (Å²) in [7, 11) is -3.73. The number of hydrogen-bond donors (Lipinski definition) is 2. The van der Waals surface area contributed by atoms with Gasteiger partial charge in [-0.05, 0) is 63.6 Å². The number of nitrogens with one attached hydrogen (secondary N) is 2. The fourth-order valence-corrected chi connectivity index (χ4v) is 2.98. The molecule has 0 aliphatic rings. The van der Waals surface area contributed by atoms with E-state index in [-0.39, 0.29) is 22.9 Å². The van der Waals surface area contributed by atoms with Crippen molar-refractivity contribution in [3.05, 3.63) is 36.4 Å². The Bertz CT molecular complexity index is 775. The zero-order chi connectivity index (χ0) is 18.4. The first-order valence-corrected chi connectivity index (χ1v) is 9.68. The summed E-state index contributed by atoms with van der Waals surface area (Å²) in [4.78, 5) is 0.132. The number of sulfonamides is 1. The molecule has 2 N–H and O–H groups in total. The van der Waals surface area contributed by atoms with Crippen LogP contribution in [0.15, 0.2) is 41.3 Å². The van der Waals surface area contributed by atoms with Gasteiger partial charge in [-0.2, -0.15) is 0 Å². The molecule has 2 aromatic rings. The van der Waals surface area contributed by atoms with Crippen molar-refractivity contribution in [2.45, 2.75) is 51.2 Å². The Balaban J connectivity index is 2.07. The Morgan fingerprint density at radius 3 is 2.12 bits per heavy atom. The predicted molar refractivity (Wildman–Crippen MR) is 98.4 cm³/mol. The molecule has 2 rings (SSSR count). The van der Waals surface area contributed by atoms with Crippen LogP contribution >= 0.6 is 0 Å². The Morgan fingerprint density at radius 1 is 1.00 bits per heavy atom. The largest absolute Gasteiger partial charge is 0.491 e. The molecule has 136 valence electrons. The molecule has 0 aliphatic heterocycles. The lowest BCUT2D eigenvalue weighted by molar-refractivity contribution is 0.242. The summed E-state index contributed by atoms with van der Waals surface area (Å²) in [6.07, 6.45) is 0.977. The summed E-state index contributed by atoms with van der Waals surface area (Å²) < 4.78 is 32.7. The van der Waals surface area contributed by atoms with Crippen molar-refractivity contribution < 1.29 is 13.2 Å². The monoisotopic (exact) mass is 364 g/mol. The highest BCUT2D eigenvalue weighted by Crippen LogP contribution is 2.19. The fourth-order valence-electron chi connectivity index (χ4n) is 1.98. The van der Waals surface area contributed by atoms with E-state index in [1.807, 2.05) is 20.8 Å². The summed E-state index contributed by atoms with van der Waals surface area (Å²) >= 11 is 0. The van der Waals surface area contributed by atoms with Crippen molar-refractivity contribution in [2.24, 2.45) is 0 Å². The Morgan fingerprint density at radius 2 is 1.60 bits per heavy atom. The maximum Gasteiger partial charge on any atom is 0.263 e. The van der Waals surface area contributed by atoms with Gasteiger partial charge in [-0.25, -0.2) is 8.42 Å². The summed E-state index contributed by atoms with van der Waals surface area (Å²) in [5, 5.41) is 11.1. The molecule has 0 bridgehead atoms. The molecule has 1 heterocycles. The molecule has 0 saturated carbocycles. The number of nitrogens with zero attached hydrogens (tertiary/aromatic N) is 2. The third-order valence-corrected chi connectivity index (χ3v) is 4.79. The van der Waals surface area contributed by atoms with E-state index in [1.165, 1.54) is 12.1 Å². The van der Waals surface area contributed by atoms with Crippen molar-refractivity contribution >= 4 is 21.7 Å². The smallest absolute Gasteiger partial charge is 0.263 e. The molecular formula is C17H24N4O3S. The average molecular weight is 364 g/mol. The number of anilines is 2. The molecule has 0 spiro atoms. The minimum absolute atomic E-state index is 0.0263. The average Bonchev–Trinajstić information content (AvgIpc) is 2.56. The van der Waals surface area contributed by atoms with Crippen LogP contribution in [0.1, 0.15) is 34.1 Å². The predicted octanol–water partition coefficient (Wildman–Crippen LogP) is 3.28. The van der Waals surface area contributed by atoms with Gasteiger partial charge in [0.2, 0.25) is 0 Å². The van der Waals surface area contributed by atoms with Crippen LogP contribution in [-0.2, 0) is 10.0 Å². The number of aromatic nitrogens is 2. The van der Waals surface area contributed by atoms with Crippen LogP contribution in [0.5, 0.6) is 5.75 Å². The Labute approximate surface area is 148 Å². The van der Waals surface area contributed by atoms with Gasteiger partial charge in [0.1, 0.15) is 11.6 Å². The molecule has 0 amide bonds. The number of benzene rings is 1. The van der Waals surface area contributed by atoms with Gasteiger partial charge in [0.15, 0.2) is 5.82 Å². The van der Waals surface area contributed by atoms with Crippen LogP contribution in [0.3, 0.4) is 0 Å². The highest BCUT2D eigenvalue weighted by Gasteiger charge is 2.15. The van der Waals surface area contributed by atoms with Gasteiger partial charge in [0.05, 0.1) is 11.0 Å². The van der Waals surface area contributed by atoms with Gasteiger partial charge >= 0.3 is 0 Å². The zero-order valence-corrected chi connectivity index (χ0v) is 15.7. The first-order chi connectivity index (χ1) is 11.8. The minimum Gasteiger partial charge on any atom is -0.491 e. The van der Waals surface area contributed by atoms with E-state index in [9.17, 15) is 8.42 Å². The Hall–Kier alpha value is -2.35. The van der Waals surface area contributed by atoms with Crippen LogP contribution in [-0.4, -0.2) is 30.8 Å². The standard InChI is InChI=1S/C17H24N4O3S/c1-5-13(4)18-16-10-11-17(20-19-16)21-25(22,23)15-8-6-14(7-9-15)24-12(2)3/h6-13H,5H2,1-4H3,(H,18,19)(H,20,21). The second kappa shape index (κ2) is 8.15. The van der Waals surface area contributed by atoms with Gasteiger partial charge in [0, 0.05) is 6.04 Å². The highest BCUT2D eigenvalue weighted by molar-refractivity contribution is 7.92. The molecule has 0 radical (unpaired) electrons. The van der Waals surface area contributed by atoms with Crippen LogP contribution in [0.25, 0.3) is 0 Å². The summed E-state index contributed by atoms with van der Waals surface area (Å²) in [6, 6.07) is 9.77. The molecule has 1 atom stereocenters. The maximum atomic E-state index is 12.4. The highest BCUT2D eigenvalue weighted by atomic mass is 32.2. The SMILES string of the molecule is CCC(C)Nc1ccc(NS(=O)(=O)c2ccc(OC(C)C)cc2)nn1. The number of hydrogen-bond acceptors (Lipinski definition) is 6. The molecule has 7 nitrogen and oxygen atoms in total. The van der Waals surface area contributed by atoms with Gasteiger partial charge in [-0.1, -0.05) is 6.92 Å². The third kappa shape index (κ3) is 5.60. The molecule has 1 unspecified atom stereocenters. The van der Waals surface area contributed by atoms with Crippen molar-refractivity contribution in [3.8, 4) is 5.75 Å². The second-order valence-electron chi connectivity index (χ2n) is 6.00. The molecule has 1 aromatic carbocycles. The van der Waals surface area contributed by atoms with Crippen molar-refractivity contribution in [1.29, 1.82) is 0 Å². The van der Waals surface area contributed by atoms with Crippen LogP contribution in [0.4, 0.5) is 11.6 Å². The van der Waals surface area contributed by atoms with Gasteiger partial charge in [-0.3, -0.25) is 4.72 Å². The van der Waals surface area contributed by atoms with E-state index in [2.05, 4.69) is 27.2 Å². The molecule has 25 heavy (non-hydrogen) atoms. The van der Waals surface area contributed by atoms with E-state index in [4.69, 9.17) is 4.74 Å². The van der Waals surface area contributed by atoms with Crippen molar-refractivity contribution in [3.63, 3.8) is 0 Å². The summed E-state index contributed by atoms with van der Waals surface area (Å²) in [6.45, 7) is 7.91. The third-order valence-electron chi connectivity index (χ3n) is 3.42. The van der Waals surface area contributed by atoms with E-state index < -0.39 is 10.0 Å². The van der Waals surface area contributed by atoms with Crippen molar-refractivity contribution in [1.82, 2.24) is 10.2 Å². The first-order valence-electron chi connectivity index (χ1n) is 8.20. The van der Waals surface area contributed by atoms with E-state index in [0.29, 0.717) is 11.6 Å². The second-order valence-corrected chi connectivity index (χ2v) is 7.68. The number of rotatable bonds is 8. The molecule has 0 aliphatic carbocycles. The fraction of sp³-hybridized carbons (Fsp3) is 0.412. The zero-order valence-electron chi connectivity index (χ0n) is 14.9. The van der Waals surface area contributed by atoms with E-state index in [0.717, 1.165) is 6.42 Å². The number of ether oxygens (including phenoxy) is 1. The van der Waals surface area contributed by atoms with Crippen LogP contribution in [0, 0.1) is 0 Å². The molecule has 1 aromatic heterocycles. The normalized spacial score (nSPS) is 12.7. The van der Waals surface area contributed by atoms with E-state index >= 15 is 0 Å². The summed E-state index contributed by atoms with van der Waals surface area (Å²) in [5.74, 6) is 1.39. The maximum absolute atomic E-state index is 12.4. The van der Waals surface area contributed by atoms with Crippen molar-refractivity contribution in [2.75, 3.05) is 10.0 Å². The Kier molecular flexibility index (Phi) is 6.19. The topological polar surface area (TPSA) is 93.2 Å².